The van der Waals surface area contributed by atoms with Crippen LogP contribution in [0.5, 0.6) is 0 Å². The quantitative estimate of drug-likeness (QED) is 0.841. The van der Waals surface area contributed by atoms with Gasteiger partial charge in [-0.25, -0.2) is 0 Å². The van der Waals surface area contributed by atoms with Gasteiger partial charge in [-0.15, -0.1) is 0 Å². The SMILES string of the molecule is CCC(CC)n1ccc(CNc2ccccc2Br)n1. The molecule has 0 bridgehead atoms. The fourth-order valence-electron chi connectivity index (χ4n) is 2.13. The van der Waals surface area contributed by atoms with E-state index in [2.05, 4.69) is 63.2 Å². The molecule has 0 fully saturated rings. The summed E-state index contributed by atoms with van der Waals surface area (Å²) in [5, 5.41) is 8.03. The second-order valence-corrected chi connectivity index (χ2v) is 5.45. The summed E-state index contributed by atoms with van der Waals surface area (Å²) >= 11 is 3.53. The highest BCUT2D eigenvalue weighted by Gasteiger charge is 2.07. The lowest BCUT2D eigenvalue weighted by atomic mass is 10.2. The summed E-state index contributed by atoms with van der Waals surface area (Å²) in [6, 6.07) is 10.7. The van der Waals surface area contributed by atoms with E-state index in [9.17, 15) is 0 Å². The molecule has 0 radical (unpaired) electrons. The minimum atomic E-state index is 0.511. The van der Waals surface area contributed by atoms with Crippen LogP contribution in [0.25, 0.3) is 0 Å². The van der Waals surface area contributed by atoms with Crippen LogP contribution in [0.3, 0.4) is 0 Å². The maximum absolute atomic E-state index is 4.64. The molecule has 0 aliphatic carbocycles. The molecule has 1 aromatic heterocycles. The first-order valence-corrected chi connectivity index (χ1v) is 7.56. The first-order chi connectivity index (χ1) is 9.24. The molecule has 2 aromatic rings. The van der Waals surface area contributed by atoms with E-state index in [0.29, 0.717) is 6.04 Å². The molecule has 2 rings (SSSR count). The van der Waals surface area contributed by atoms with Gasteiger partial charge in [0.2, 0.25) is 0 Å². The van der Waals surface area contributed by atoms with Crippen LogP contribution in [-0.2, 0) is 6.54 Å². The van der Waals surface area contributed by atoms with E-state index in [1.807, 2.05) is 18.2 Å². The van der Waals surface area contributed by atoms with E-state index in [-0.39, 0.29) is 0 Å². The number of anilines is 1. The third-order valence-electron chi connectivity index (χ3n) is 3.31. The summed E-state index contributed by atoms with van der Waals surface area (Å²) in [5.74, 6) is 0. The monoisotopic (exact) mass is 321 g/mol. The number of hydrogen-bond acceptors (Lipinski definition) is 2. The molecular weight excluding hydrogens is 302 g/mol. The molecule has 1 N–H and O–H groups in total. The first kappa shape index (κ1) is 14.1. The summed E-state index contributed by atoms with van der Waals surface area (Å²) in [7, 11) is 0. The van der Waals surface area contributed by atoms with Gasteiger partial charge in [0, 0.05) is 16.4 Å². The topological polar surface area (TPSA) is 29.9 Å². The molecule has 0 aliphatic heterocycles. The summed E-state index contributed by atoms with van der Waals surface area (Å²) in [6.45, 7) is 5.15. The highest BCUT2D eigenvalue weighted by molar-refractivity contribution is 9.10. The predicted molar refractivity (Wildman–Crippen MR) is 83.3 cm³/mol. The predicted octanol–water partition coefficient (Wildman–Crippen LogP) is 4.62. The maximum Gasteiger partial charge on any atom is 0.0815 e. The van der Waals surface area contributed by atoms with E-state index in [0.717, 1.165) is 35.2 Å². The van der Waals surface area contributed by atoms with Gasteiger partial charge in [0.05, 0.1) is 18.3 Å². The van der Waals surface area contributed by atoms with Crippen molar-refractivity contribution in [2.75, 3.05) is 5.32 Å². The molecule has 0 spiro atoms. The lowest BCUT2D eigenvalue weighted by Gasteiger charge is -2.12. The van der Waals surface area contributed by atoms with Crippen molar-refractivity contribution in [3.05, 3.63) is 46.7 Å². The molecule has 0 saturated carbocycles. The van der Waals surface area contributed by atoms with E-state index >= 15 is 0 Å². The zero-order valence-corrected chi connectivity index (χ0v) is 13.0. The second-order valence-electron chi connectivity index (χ2n) is 4.59. The third-order valence-corrected chi connectivity index (χ3v) is 4.01. The average molecular weight is 322 g/mol. The van der Waals surface area contributed by atoms with E-state index in [1.165, 1.54) is 0 Å². The lowest BCUT2D eigenvalue weighted by molar-refractivity contribution is 0.426. The first-order valence-electron chi connectivity index (χ1n) is 6.77. The normalized spacial score (nSPS) is 10.9. The van der Waals surface area contributed by atoms with Crippen LogP contribution in [0, 0.1) is 0 Å². The fourth-order valence-corrected chi connectivity index (χ4v) is 2.55. The number of benzene rings is 1. The minimum Gasteiger partial charge on any atom is -0.378 e. The van der Waals surface area contributed by atoms with E-state index < -0.39 is 0 Å². The summed E-state index contributed by atoms with van der Waals surface area (Å²) in [5.41, 5.74) is 2.17. The maximum atomic E-state index is 4.64. The molecule has 0 atom stereocenters. The number of nitrogens with one attached hydrogen (secondary N) is 1. The van der Waals surface area contributed by atoms with Gasteiger partial charge in [-0.1, -0.05) is 26.0 Å². The lowest BCUT2D eigenvalue weighted by Crippen LogP contribution is -2.09. The number of nitrogens with zero attached hydrogens (tertiary/aromatic N) is 2. The van der Waals surface area contributed by atoms with Gasteiger partial charge in [-0.05, 0) is 47.0 Å². The molecule has 19 heavy (non-hydrogen) atoms. The van der Waals surface area contributed by atoms with Crippen molar-refractivity contribution in [1.82, 2.24) is 9.78 Å². The van der Waals surface area contributed by atoms with Crippen molar-refractivity contribution in [2.24, 2.45) is 0 Å². The standard InChI is InChI=1S/C15H20BrN3/c1-3-13(4-2)19-10-9-12(18-19)11-17-15-8-6-5-7-14(15)16/h5-10,13,17H,3-4,11H2,1-2H3. The summed E-state index contributed by atoms with van der Waals surface area (Å²) < 4.78 is 3.16. The van der Waals surface area contributed by atoms with Crippen LogP contribution in [0.1, 0.15) is 38.4 Å². The van der Waals surface area contributed by atoms with Gasteiger partial charge in [-0.3, -0.25) is 4.68 Å². The minimum absolute atomic E-state index is 0.511. The van der Waals surface area contributed by atoms with E-state index in [1.54, 1.807) is 0 Å². The molecule has 0 saturated heterocycles. The Labute approximate surface area is 123 Å². The largest absolute Gasteiger partial charge is 0.378 e. The highest BCUT2D eigenvalue weighted by atomic mass is 79.9. The third kappa shape index (κ3) is 3.60. The van der Waals surface area contributed by atoms with Gasteiger partial charge in [0.15, 0.2) is 0 Å². The van der Waals surface area contributed by atoms with Crippen LogP contribution in [-0.4, -0.2) is 9.78 Å². The van der Waals surface area contributed by atoms with E-state index in [4.69, 9.17) is 0 Å². The van der Waals surface area contributed by atoms with Crippen molar-refractivity contribution < 1.29 is 0 Å². The molecule has 0 aliphatic rings. The molecule has 102 valence electrons. The number of para-hydroxylation sites is 1. The Hall–Kier alpha value is -1.29. The Morgan fingerprint density at radius 1 is 1.21 bits per heavy atom. The van der Waals surface area contributed by atoms with Crippen LogP contribution in [0.15, 0.2) is 41.0 Å². The molecule has 0 amide bonds. The van der Waals surface area contributed by atoms with Crippen molar-refractivity contribution in [1.29, 1.82) is 0 Å². The molecule has 4 heteroatoms. The zero-order chi connectivity index (χ0) is 13.7. The van der Waals surface area contributed by atoms with Crippen molar-refractivity contribution >= 4 is 21.6 Å². The van der Waals surface area contributed by atoms with Gasteiger partial charge in [0.1, 0.15) is 0 Å². The van der Waals surface area contributed by atoms with Crippen molar-refractivity contribution in [2.45, 2.75) is 39.3 Å². The van der Waals surface area contributed by atoms with Crippen LogP contribution in [0.4, 0.5) is 5.69 Å². The van der Waals surface area contributed by atoms with Crippen LogP contribution in [0.2, 0.25) is 0 Å². The average Bonchev–Trinajstić information content (AvgIpc) is 2.88. The second kappa shape index (κ2) is 6.75. The zero-order valence-electron chi connectivity index (χ0n) is 11.4. The molecular formula is C15H20BrN3. The fraction of sp³-hybridized carbons (Fsp3) is 0.400. The Bertz CT molecular complexity index is 518. The van der Waals surface area contributed by atoms with Crippen molar-refractivity contribution in [3.8, 4) is 0 Å². The van der Waals surface area contributed by atoms with Gasteiger partial charge in [0.25, 0.3) is 0 Å². The Morgan fingerprint density at radius 2 is 1.95 bits per heavy atom. The number of halogens is 1. The van der Waals surface area contributed by atoms with Gasteiger partial charge in [-0.2, -0.15) is 5.10 Å². The Balaban J connectivity index is 1.99. The Morgan fingerprint density at radius 3 is 2.63 bits per heavy atom. The number of rotatable bonds is 6. The Kier molecular flexibility index (Phi) is 5.02. The van der Waals surface area contributed by atoms with Crippen molar-refractivity contribution in [3.63, 3.8) is 0 Å². The summed E-state index contributed by atoms with van der Waals surface area (Å²) in [4.78, 5) is 0. The molecule has 0 unspecified atom stereocenters. The van der Waals surface area contributed by atoms with Gasteiger partial charge < -0.3 is 5.32 Å². The van der Waals surface area contributed by atoms with Crippen LogP contribution >= 0.6 is 15.9 Å². The molecule has 1 heterocycles. The highest BCUT2D eigenvalue weighted by Crippen LogP contribution is 2.22. The number of aromatic nitrogens is 2. The molecule has 1 aromatic carbocycles. The molecule has 3 nitrogen and oxygen atoms in total. The van der Waals surface area contributed by atoms with Gasteiger partial charge >= 0.3 is 0 Å². The summed E-state index contributed by atoms with van der Waals surface area (Å²) in [6.07, 6.45) is 4.32. The van der Waals surface area contributed by atoms with Crippen LogP contribution < -0.4 is 5.32 Å². The number of hydrogen-bond donors (Lipinski definition) is 1. The smallest absolute Gasteiger partial charge is 0.0815 e.